The van der Waals surface area contributed by atoms with Crippen LogP contribution in [0.5, 0.6) is 0 Å². The van der Waals surface area contributed by atoms with Crippen molar-refractivity contribution in [3.63, 3.8) is 0 Å². The molecule has 1 unspecified atom stereocenters. The Kier molecular flexibility index (Phi) is 4.04. The third-order valence-electron chi connectivity index (χ3n) is 3.53. The van der Waals surface area contributed by atoms with Gasteiger partial charge in [-0.15, -0.1) is 0 Å². The third kappa shape index (κ3) is 3.60. The van der Waals surface area contributed by atoms with Crippen molar-refractivity contribution in [2.24, 2.45) is 5.92 Å². The van der Waals surface area contributed by atoms with E-state index in [9.17, 15) is 18.0 Å². The summed E-state index contributed by atoms with van der Waals surface area (Å²) in [5.74, 6) is -1.66. The largest absolute Gasteiger partial charge is 0.480 e. The molecule has 0 saturated heterocycles. The first-order valence-corrected chi connectivity index (χ1v) is 8.43. The molecule has 1 aliphatic rings. The molecule has 1 aliphatic carbocycles. The van der Waals surface area contributed by atoms with Crippen molar-refractivity contribution < 1.29 is 23.1 Å². The molecule has 1 atom stereocenters. The Morgan fingerprint density at radius 3 is 2.43 bits per heavy atom. The van der Waals surface area contributed by atoms with E-state index in [0.29, 0.717) is 5.56 Å². The zero-order chi connectivity index (χ0) is 15.8. The molecule has 1 saturated carbocycles. The number of rotatable bonds is 5. The maximum atomic E-state index is 12.2. The molecule has 0 aromatic heterocycles. The number of carbonyl (C=O) groups excluding carboxylic acids is 1. The zero-order valence-electron chi connectivity index (χ0n) is 11.8. The fourth-order valence-corrected chi connectivity index (χ4v) is 2.75. The Morgan fingerprint density at radius 1 is 1.33 bits per heavy atom. The van der Waals surface area contributed by atoms with Crippen LogP contribution in [0.1, 0.15) is 28.8 Å². The lowest BCUT2D eigenvalue weighted by Gasteiger charge is -2.15. The van der Waals surface area contributed by atoms with Crippen LogP contribution in [0.25, 0.3) is 0 Å². The molecule has 1 amide bonds. The first-order valence-electron chi connectivity index (χ1n) is 6.54. The molecule has 1 aromatic carbocycles. The maximum Gasteiger partial charge on any atom is 0.326 e. The average Bonchev–Trinajstić information content (AvgIpc) is 3.18. The predicted octanol–water partition coefficient (Wildman–Crippen LogP) is 0.992. The number of amides is 1. The second-order valence-corrected chi connectivity index (χ2v) is 7.39. The van der Waals surface area contributed by atoms with Crippen LogP contribution in [-0.2, 0) is 14.6 Å². The van der Waals surface area contributed by atoms with E-state index in [0.717, 1.165) is 19.1 Å². The molecule has 114 valence electrons. The molecule has 7 heteroatoms. The minimum atomic E-state index is -3.42. The molecule has 0 spiro atoms. The summed E-state index contributed by atoms with van der Waals surface area (Å²) in [6, 6.07) is 3.33. The van der Waals surface area contributed by atoms with Gasteiger partial charge >= 0.3 is 5.97 Å². The van der Waals surface area contributed by atoms with Crippen LogP contribution in [0.4, 0.5) is 0 Å². The van der Waals surface area contributed by atoms with Gasteiger partial charge in [0.25, 0.3) is 5.91 Å². The highest BCUT2D eigenvalue weighted by molar-refractivity contribution is 7.90. The van der Waals surface area contributed by atoms with Crippen LogP contribution in [0.3, 0.4) is 0 Å². The van der Waals surface area contributed by atoms with Gasteiger partial charge in [-0.25, -0.2) is 13.2 Å². The van der Waals surface area contributed by atoms with E-state index in [1.165, 1.54) is 18.2 Å². The van der Waals surface area contributed by atoms with Gasteiger partial charge < -0.3 is 10.4 Å². The predicted molar refractivity (Wildman–Crippen MR) is 75.9 cm³/mol. The monoisotopic (exact) mass is 311 g/mol. The van der Waals surface area contributed by atoms with Crippen molar-refractivity contribution in [2.75, 3.05) is 6.26 Å². The SMILES string of the molecule is Cc1ccc(S(C)(=O)=O)cc1C(=O)NC(C(=O)O)C1CC1. The number of hydrogen-bond acceptors (Lipinski definition) is 4. The Labute approximate surface area is 123 Å². The van der Waals surface area contributed by atoms with Gasteiger partial charge in [0.05, 0.1) is 4.90 Å². The highest BCUT2D eigenvalue weighted by Gasteiger charge is 2.37. The van der Waals surface area contributed by atoms with Crippen molar-refractivity contribution in [2.45, 2.75) is 30.7 Å². The highest BCUT2D eigenvalue weighted by Crippen LogP contribution is 2.33. The summed E-state index contributed by atoms with van der Waals surface area (Å²) in [5, 5.41) is 11.6. The first-order chi connectivity index (χ1) is 9.70. The lowest BCUT2D eigenvalue weighted by Crippen LogP contribution is -2.42. The molecule has 1 aromatic rings. The molecule has 0 radical (unpaired) electrons. The van der Waals surface area contributed by atoms with Crippen LogP contribution in [0.15, 0.2) is 23.1 Å². The van der Waals surface area contributed by atoms with Gasteiger partial charge in [0.15, 0.2) is 9.84 Å². The van der Waals surface area contributed by atoms with Gasteiger partial charge in [-0.2, -0.15) is 0 Å². The first kappa shape index (κ1) is 15.5. The number of benzene rings is 1. The summed E-state index contributed by atoms with van der Waals surface area (Å²) in [5.41, 5.74) is 0.782. The Balaban J connectivity index is 2.28. The number of hydrogen-bond donors (Lipinski definition) is 2. The molecule has 0 aliphatic heterocycles. The van der Waals surface area contributed by atoms with Crippen molar-refractivity contribution in [3.05, 3.63) is 29.3 Å². The number of sulfone groups is 1. The summed E-state index contributed by atoms with van der Waals surface area (Å²) in [6.45, 7) is 1.67. The fourth-order valence-electron chi connectivity index (χ4n) is 2.11. The smallest absolute Gasteiger partial charge is 0.326 e. The summed E-state index contributed by atoms with van der Waals surface area (Å²) in [7, 11) is -3.42. The van der Waals surface area contributed by atoms with Gasteiger partial charge in [-0.1, -0.05) is 6.07 Å². The number of nitrogens with one attached hydrogen (secondary N) is 1. The second kappa shape index (κ2) is 5.48. The topological polar surface area (TPSA) is 101 Å². The van der Waals surface area contributed by atoms with Gasteiger partial charge in [0, 0.05) is 11.8 Å². The second-order valence-electron chi connectivity index (χ2n) is 5.38. The molecule has 0 heterocycles. The summed E-state index contributed by atoms with van der Waals surface area (Å²) >= 11 is 0. The van der Waals surface area contributed by atoms with Gasteiger partial charge in [0.2, 0.25) is 0 Å². The van der Waals surface area contributed by atoms with Crippen LogP contribution in [0.2, 0.25) is 0 Å². The summed E-state index contributed by atoms with van der Waals surface area (Å²) in [4.78, 5) is 23.4. The van der Waals surface area contributed by atoms with Crippen LogP contribution in [-0.4, -0.2) is 37.7 Å². The molecular formula is C14H17NO5S. The lowest BCUT2D eigenvalue weighted by molar-refractivity contribution is -0.139. The molecular weight excluding hydrogens is 294 g/mol. The van der Waals surface area contributed by atoms with Gasteiger partial charge in [-0.3, -0.25) is 4.79 Å². The third-order valence-corrected chi connectivity index (χ3v) is 4.64. The molecule has 21 heavy (non-hydrogen) atoms. The fraction of sp³-hybridized carbons (Fsp3) is 0.429. The van der Waals surface area contributed by atoms with Crippen LogP contribution >= 0.6 is 0 Å². The minimum Gasteiger partial charge on any atom is -0.480 e. The standard InChI is InChI=1S/C14H17NO5S/c1-8-3-6-10(21(2,19)20)7-11(8)13(16)15-12(14(17)18)9-4-5-9/h3,6-7,9,12H,4-5H2,1-2H3,(H,15,16)(H,17,18). The molecule has 2 rings (SSSR count). The van der Waals surface area contributed by atoms with Crippen molar-refractivity contribution in [1.29, 1.82) is 0 Å². The summed E-state index contributed by atoms with van der Waals surface area (Å²) < 4.78 is 23.1. The number of aryl methyl sites for hydroxylation is 1. The Morgan fingerprint density at radius 2 is 1.95 bits per heavy atom. The number of carboxylic acids is 1. The van der Waals surface area contributed by atoms with E-state index in [1.807, 2.05) is 0 Å². The van der Waals surface area contributed by atoms with E-state index in [-0.39, 0.29) is 16.4 Å². The Hall–Kier alpha value is -1.89. The minimum absolute atomic E-state index is 0.0372. The van der Waals surface area contributed by atoms with Gasteiger partial charge in [0.1, 0.15) is 6.04 Å². The molecule has 1 fully saturated rings. The number of carbonyl (C=O) groups is 2. The normalized spacial score (nSPS) is 16.3. The van der Waals surface area contributed by atoms with Crippen LogP contribution in [0, 0.1) is 12.8 Å². The summed E-state index contributed by atoms with van der Waals surface area (Å²) in [6.07, 6.45) is 2.61. The van der Waals surface area contributed by atoms with Crippen molar-refractivity contribution >= 4 is 21.7 Å². The molecule has 6 nitrogen and oxygen atoms in total. The average molecular weight is 311 g/mol. The lowest BCUT2D eigenvalue weighted by atomic mass is 10.1. The van der Waals surface area contributed by atoms with E-state index < -0.39 is 27.8 Å². The quantitative estimate of drug-likeness (QED) is 0.844. The van der Waals surface area contributed by atoms with E-state index >= 15 is 0 Å². The zero-order valence-corrected chi connectivity index (χ0v) is 12.6. The van der Waals surface area contributed by atoms with Crippen LogP contribution < -0.4 is 5.32 Å². The highest BCUT2D eigenvalue weighted by atomic mass is 32.2. The Bertz CT molecular complexity index is 691. The van der Waals surface area contributed by atoms with E-state index in [2.05, 4.69) is 5.32 Å². The number of carboxylic acid groups (broad SMARTS) is 1. The maximum absolute atomic E-state index is 12.2. The van der Waals surface area contributed by atoms with Crippen molar-refractivity contribution in [1.82, 2.24) is 5.32 Å². The molecule has 0 bridgehead atoms. The van der Waals surface area contributed by atoms with Gasteiger partial charge in [-0.05, 0) is 43.4 Å². The molecule has 2 N–H and O–H groups in total. The van der Waals surface area contributed by atoms with E-state index in [1.54, 1.807) is 6.92 Å². The number of aliphatic carboxylic acids is 1. The van der Waals surface area contributed by atoms with Crippen molar-refractivity contribution in [3.8, 4) is 0 Å². The van der Waals surface area contributed by atoms with E-state index in [4.69, 9.17) is 5.11 Å².